The number of carbonyl (C=O) groups is 1. The zero-order chi connectivity index (χ0) is 19.3. The molecule has 3 rings (SSSR count). The van der Waals surface area contributed by atoms with Crippen molar-refractivity contribution < 1.29 is 13.2 Å². The van der Waals surface area contributed by atoms with Crippen LogP contribution in [0.5, 0.6) is 0 Å². The highest BCUT2D eigenvalue weighted by Gasteiger charge is 2.16. The second-order valence-electron chi connectivity index (χ2n) is 5.48. The second kappa shape index (κ2) is 8.72. The van der Waals surface area contributed by atoms with Crippen LogP contribution < -0.4 is 10.0 Å². The summed E-state index contributed by atoms with van der Waals surface area (Å²) in [6.45, 7) is 2.54. The average molecular weight is 424 g/mol. The van der Waals surface area contributed by atoms with Crippen LogP contribution in [0.15, 0.2) is 46.4 Å². The van der Waals surface area contributed by atoms with Gasteiger partial charge in [0.05, 0.1) is 17.2 Å². The topological polar surface area (TPSA) is 113 Å². The molecule has 1 aliphatic rings. The number of nitrogens with one attached hydrogen (secondary N) is 2. The van der Waals surface area contributed by atoms with E-state index in [4.69, 9.17) is 0 Å². The van der Waals surface area contributed by atoms with E-state index in [9.17, 15) is 13.2 Å². The van der Waals surface area contributed by atoms with Crippen LogP contribution in [0.25, 0.3) is 0 Å². The average Bonchev–Trinajstić information content (AvgIpc) is 3.14. The van der Waals surface area contributed by atoms with Gasteiger partial charge in [0.1, 0.15) is 4.38 Å². The van der Waals surface area contributed by atoms with Gasteiger partial charge in [-0.15, -0.1) is 0 Å². The highest BCUT2D eigenvalue weighted by molar-refractivity contribution is 8.39. The molecule has 0 aliphatic carbocycles. The van der Waals surface area contributed by atoms with Crippen molar-refractivity contribution in [2.75, 3.05) is 28.1 Å². The Morgan fingerprint density at radius 1 is 1.26 bits per heavy atom. The van der Waals surface area contributed by atoms with Crippen LogP contribution in [0.2, 0.25) is 0 Å². The Labute approximate surface area is 165 Å². The van der Waals surface area contributed by atoms with Crippen LogP contribution in [0.1, 0.15) is 5.69 Å². The lowest BCUT2D eigenvalue weighted by Gasteiger charge is -2.09. The van der Waals surface area contributed by atoms with Crippen molar-refractivity contribution in [3.8, 4) is 0 Å². The van der Waals surface area contributed by atoms with Gasteiger partial charge in [0.25, 0.3) is 10.0 Å². The van der Waals surface area contributed by atoms with E-state index in [0.717, 1.165) is 16.7 Å². The van der Waals surface area contributed by atoms with Gasteiger partial charge in [-0.25, -0.2) is 23.1 Å². The number of thioether (sulfide) groups is 2. The molecule has 27 heavy (non-hydrogen) atoms. The van der Waals surface area contributed by atoms with Crippen molar-refractivity contribution in [3.63, 3.8) is 0 Å². The molecule has 0 radical (unpaired) electrons. The van der Waals surface area contributed by atoms with Crippen LogP contribution in [-0.4, -0.2) is 46.7 Å². The number of rotatable bonds is 6. The van der Waals surface area contributed by atoms with Gasteiger partial charge in [-0.3, -0.25) is 9.79 Å². The van der Waals surface area contributed by atoms with Crippen molar-refractivity contribution in [3.05, 3.63) is 42.2 Å². The summed E-state index contributed by atoms with van der Waals surface area (Å²) in [5.41, 5.74) is 1.17. The summed E-state index contributed by atoms with van der Waals surface area (Å²) >= 11 is 3.05. The number of hydrogen-bond acceptors (Lipinski definition) is 8. The van der Waals surface area contributed by atoms with Gasteiger partial charge >= 0.3 is 0 Å². The third-order valence-corrected chi connectivity index (χ3v) is 6.95. The largest absolute Gasteiger partial charge is 0.325 e. The van der Waals surface area contributed by atoms with Gasteiger partial charge in [0, 0.05) is 23.3 Å². The molecule has 8 nitrogen and oxygen atoms in total. The third-order valence-electron chi connectivity index (χ3n) is 3.35. The molecule has 2 aromatic rings. The van der Waals surface area contributed by atoms with Crippen molar-refractivity contribution in [1.82, 2.24) is 9.97 Å². The minimum atomic E-state index is -3.81. The highest BCUT2D eigenvalue weighted by Crippen LogP contribution is 2.22. The van der Waals surface area contributed by atoms with Crippen molar-refractivity contribution in [2.24, 2.45) is 4.99 Å². The van der Waals surface area contributed by atoms with Gasteiger partial charge in [-0.2, -0.15) is 0 Å². The summed E-state index contributed by atoms with van der Waals surface area (Å²) < 4.78 is 28.1. The molecular weight excluding hydrogens is 406 g/mol. The van der Waals surface area contributed by atoms with Crippen molar-refractivity contribution in [2.45, 2.75) is 11.8 Å². The fourth-order valence-electron chi connectivity index (χ4n) is 2.12. The highest BCUT2D eigenvalue weighted by atomic mass is 32.2. The van der Waals surface area contributed by atoms with E-state index >= 15 is 0 Å². The lowest BCUT2D eigenvalue weighted by molar-refractivity contribution is -0.113. The Kier molecular flexibility index (Phi) is 6.34. The Morgan fingerprint density at radius 3 is 2.70 bits per heavy atom. The van der Waals surface area contributed by atoms with Crippen LogP contribution in [0.3, 0.4) is 0 Å². The number of carbonyl (C=O) groups excluding carboxylic acids is 1. The Hall–Kier alpha value is -2.11. The summed E-state index contributed by atoms with van der Waals surface area (Å²) in [4.78, 5) is 24.2. The molecule has 142 valence electrons. The first-order chi connectivity index (χ1) is 12.9. The predicted octanol–water partition coefficient (Wildman–Crippen LogP) is 2.36. The normalized spacial score (nSPS) is 13.9. The molecule has 0 fully saturated rings. The summed E-state index contributed by atoms with van der Waals surface area (Å²) in [5, 5.41) is 2.74. The lowest BCUT2D eigenvalue weighted by atomic mass is 10.3. The maximum atomic E-state index is 12.4. The summed E-state index contributed by atoms with van der Waals surface area (Å²) in [6.07, 6.45) is 1.48. The van der Waals surface area contributed by atoms with E-state index in [0.29, 0.717) is 11.4 Å². The van der Waals surface area contributed by atoms with Crippen LogP contribution in [-0.2, 0) is 14.8 Å². The van der Waals surface area contributed by atoms with E-state index in [-0.39, 0.29) is 22.5 Å². The number of nitrogens with zero attached hydrogens (tertiary/aromatic N) is 3. The van der Waals surface area contributed by atoms with Crippen molar-refractivity contribution in [1.29, 1.82) is 0 Å². The van der Waals surface area contributed by atoms with Gasteiger partial charge in [0.2, 0.25) is 11.9 Å². The Bertz CT molecular complexity index is 962. The van der Waals surface area contributed by atoms with Gasteiger partial charge in [0.15, 0.2) is 0 Å². The number of anilines is 2. The quantitative estimate of drug-likeness (QED) is 0.733. The number of aromatic nitrogens is 2. The molecule has 1 aromatic heterocycles. The summed E-state index contributed by atoms with van der Waals surface area (Å²) in [6, 6.07) is 7.58. The van der Waals surface area contributed by atoms with E-state index < -0.39 is 10.0 Å². The second-order valence-corrected chi connectivity index (χ2v) is 9.47. The molecule has 1 amide bonds. The van der Waals surface area contributed by atoms with E-state index in [1.54, 1.807) is 24.8 Å². The van der Waals surface area contributed by atoms with E-state index in [1.807, 2.05) is 0 Å². The maximum Gasteiger partial charge on any atom is 0.264 e. The van der Waals surface area contributed by atoms with Gasteiger partial charge < -0.3 is 5.32 Å². The van der Waals surface area contributed by atoms with Gasteiger partial charge in [-0.05, 0) is 37.3 Å². The predicted molar refractivity (Wildman–Crippen MR) is 110 cm³/mol. The standard InChI is InChI=1S/C16H17N5O3S3/c1-11-6-7-17-15(19-11)21-27(23,24)13-4-2-12(3-5-13)20-14(22)10-26-16-18-8-9-25-16/h2-7H,8-10H2,1H3,(H,20,22)(H,17,19,21). The lowest BCUT2D eigenvalue weighted by Crippen LogP contribution is -2.16. The molecule has 0 saturated heterocycles. The summed E-state index contributed by atoms with van der Waals surface area (Å²) in [7, 11) is -3.81. The monoisotopic (exact) mass is 423 g/mol. The molecule has 11 heteroatoms. The number of sulfonamides is 1. The first kappa shape index (κ1) is 19.6. The minimum absolute atomic E-state index is 0.0112. The molecule has 1 aliphatic heterocycles. The molecule has 0 spiro atoms. The summed E-state index contributed by atoms with van der Waals surface area (Å²) in [5.74, 6) is 1.06. The first-order valence-electron chi connectivity index (χ1n) is 7.95. The van der Waals surface area contributed by atoms with Crippen molar-refractivity contribution >= 4 is 55.5 Å². The molecule has 1 aromatic carbocycles. The molecule has 0 atom stereocenters. The van der Waals surface area contributed by atoms with E-state index in [2.05, 4.69) is 25.0 Å². The third kappa shape index (κ3) is 5.68. The fourth-order valence-corrected chi connectivity index (χ4v) is 4.88. The number of aryl methyl sites for hydroxylation is 1. The molecule has 0 saturated carbocycles. The van der Waals surface area contributed by atoms with Crippen LogP contribution >= 0.6 is 23.5 Å². The van der Waals surface area contributed by atoms with Crippen LogP contribution in [0, 0.1) is 6.92 Å². The Morgan fingerprint density at radius 2 is 2.04 bits per heavy atom. The molecule has 0 unspecified atom stereocenters. The number of aliphatic imine (C=N–C) groups is 1. The molecular formula is C16H17N5O3S3. The zero-order valence-corrected chi connectivity index (χ0v) is 16.8. The number of hydrogen-bond donors (Lipinski definition) is 2. The molecule has 2 heterocycles. The molecule has 0 bridgehead atoms. The maximum absolute atomic E-state index is 12.4. The first-order valence-corrected chi connectivity index (χ1v) is 11.4. The number of benzene rings is 1. The SMILES string of the molecule is Cc1ccnc(NS(=O)(=O)c2ccc(NC(=O)CSC3=NCCS3)cc2)n1. The van der Waals surface area contributed by atoms with Gasteiger partial charge in [-0.1, -0.05) is 23.5 Å². The fraction of sp³-hybridized carbons (Fsp3) is 0.250. The zero-order valence-electron chi connectivity index (χ0n) is 14.4. The van der Waals surface area contributed by atoms with E-state index in [1.165, 1.54) is 42.2 Å². The molecule has 2 N–H and O–H groups in total. The minimum Gasteiger partial charge on any atom is -0.325 e. The Balaban J connectivity index is 1.59. The smallest absolute Gasteiger partial charge is 0.264 e. The number of amides is 1. The van der Waals surface area contributed by atoms with Crippen LogP contribution in [0.4, 0.5) is 11.6 Å².